The molecule has 5 nitrogen and oxygen atoms in total. The lowest BCUT2D eigenvalue weighted by atomic mass is 10.1. The summed E-state index contributed by atoms with van der Waals surface area (Å²) in [6.45, 7) is 3.58. The van der Waals surface area contributed by atoms with Crippen molar-refractivity contribution in [1.82, 2.24) is 5.32 Å². The third kappa shape index (κ3) is 5.77. The Kier molecular flexibility index (Phi) is 7.25. The summed E-state index contributed by atoms with van der Waals surface area (Å²) < 4.78 is 0. The predicted octanol–water partition coefficient (Wildman–Crippen LogP) is 2.58. The van der Waals surface area contributed by atoms with Crippen LogP contribution in [0.1, 0.15) is 26.7 Å². The van der Waals surface area contributed by atoms with Gasteiger partial charge in [0.25, 0.3) is 0 Å². The number of thioether (sulfide) groups is 1. The van der Waals surface area contributed by atoms with E-state index in [1.54, 1.807) is 18.7 Å². The number of hydrogen-bond donors (Lipinski definition) is 3. The molecular formula is C15H22N2O3S. The van der Waals surface area contributed by atoms with Crippen LogP contribution in [0.3, 0.4) is 0 Å². The van der Waals surface area contributed by atoms with Gasteiger partial charge in [-0.05, 0) is 37.8 Å². The molecule has 0 saturated carbocycles. The molecule has 6 heteroatoms. The van der Waals surface area contributed by atoms with Gasteiger partial charge in [0.2, 0.25) is 5.91 Å². The van der Waals surface area contributed by atoms with Gasteiger partial charge in [0.1, 0.15) is 6.04 Å². The van der Waals surface area contributed by atoms with E-state index >= 15 is 0 Å². The topological polar surface area (TPSA) is 78.4 Å². The Morgan fingerprint density at radius 3 is 2.67 bits per heavy atom. The lowest BCUT2D eigenvalue weighted by Gasteiger charge is -2.19. The minimum atomic E-state index is -0.930. The van der Waals surface area contributed by atoms with Crippen molar-refractivity contribution in [1.29, 1.82) is 0 Å². The number of amides is 1. The first-order valence-electron chi connectivity index (χ1n) is 6.91. The number of anilines is 1. The number of nitrogens with one attached hydrogen (secondary N) is 2. The molecule has 21 heavy (non-hydrogen) atoms. The molecule has 0 saturated heterocycles. The minimum Gasteiger partial charge on any atom is -0.480 e. The second-order valence-electron chi connectivity index (χ2n) is 4.79. The summed E-state index contributed by atoms with van der Waals surface area (Å²) in [4.78, 5) is 24.3. The molecule has 2 unspecified atom stereocenters. The molecule has 0 aliphatic rings. The fourth-order valence-electron chi connectivity index (χ4n) is 1.90. The molecule has 1 aromatic rings. The largest absolute Gasteiger partial charge is 0.480 e. The molecule has 116 valence electrons. The summed E-state index contributed by atoms with van der Waals surface area (Å²) in [5.74, 6) is -1.17. The van der Waals surface area contributed by atoms with Crippen LogP contribution in [0.15, 0.2) is 29.2 Å². The lowest BCUT2D eigenvalue weighted by Crippen LogP contribution is -2.47. The quantitative estimate of drug-likeness (QED) is 0.643. The van der Waals surface area contributed by atoms with Gasteiger partial charge in [0, 0.05) is 10.6 Å². The van der Waals surface area contributed by atoms with Crippen LogP contribution in [0.25, 0.3) is 0 Å². The number of carboxylic acids is 1. The van der Waals surface area contributed by atoms with Crippen molar-refractivity contribution in [3.8, 4) is 0 Å². The van der Waals surface area contributed by atoms with E-state index in [9.17, 15) is 9.59 Å². The molecule has 2 atom stereocenters. The third-order valence-electron chi connectivity index (χ3n) is 3.06. The van der Waals surface area contributed by atoms with Gasteiger partial charge in [-0.25, -0.2) is 0 Å². The highest BCUT2D eigenvalue weighted by Gasteiger charge is 2.22. The van der Waals surface area contributed by atoms with E-state index in [4.69, 9.17) is 5.11 Å². The number of carboxylic acid groups (broad SMARTS) is 1. The first-order chi connectivity index (χ1) is 9.97. The summed E-state index contributed by atoms with van der Waals surface area (Å²) in [7, 11) is 0. The van der Waals surface area contributed by atoms with E-state index in [1.807, 2.05) is 37.4 Å². The maximum Gasteiger partial charge on any atom is 0.320 e. The Balaban J connectivity index is 2.63. The first kappa shape index (κ1) is 17.5. The second kappa shape index (κ2) is 8.69. The SMILES string of the molecule is CCCC(NC(C)C(=O)Nc1cccc(SC)c1)C(=O)O. The van der Waals surface area contributed by atoms with Crippen LogP contribution in [0.4, 0.5) is 5.69 Å². The maximum absolute atomic E-state index is 12.1. The van der Waals surface area contributed by atoms with E-state index in [0.717, 1.165) is 11.3 Å². The fourth-order valence-corrected chi connectivity index (χ4v) is 2.36. The zero-order valence-electron chi connectivity index (χ0n) is 12.6. The molecule has 1 rings (SSSR count). The molecule has 0 aromatic heterocycles. The molecule has 3 N–H and O–H groups in total. The van der Waals surface area contributed by atoms with Gasteiger partial charge < -0.3 is 10.4 Å². The Bertz CT molecular complexity index is 494. The Morgan fingerprint density at radius 2 is 2.10 bits per heavy atom. The number of hydrogen-bond acceptors (Lipinski definition) is 4. The normalized spacial score (nSPS) is 13.5. The highest BCUT2D eigenvalue weighted by molar-refractivity contribution is 7.98. The summed E-state index contributed by atoms with van der Waals surface area (Å²) in [5.41, 5.74) is 0.711. The maximum atomic E-state index is 12.1. The predicted molar refractivity (Wildman–Crippen MR) is 85.8 cm³/mol. The first-order valence-corrected chi connectivity index (χ1v) is 8.14. The molecular weight excluding hydrogens is 288 g/mol. The van der Waals surface area contributed by atoms with Crippen LogP contribution in [0, 0.1) is 0 Å². The van der Waals surface area contributed by atoms with Gasteiger partial charge in [0.15, 0.2) is 0 Å². The van der Waals surface area contributed by atoms with Crippen LogP contribution in [0.2, 0.25) is 0 Å². The lowest BCUT2D eigenvalue weighted by molar-refractivity contribution is -0.140. The summed E-state index contributed by atoms with van der Waals surface area (Å²) >= 11 is 1.59. The summed E-state index contributed by atoms with van der Waals surface area (Å²) in [6, 6.07) is 6.26. The van der Waals surface area contributed by atoms with Crippen molar-refractivity contribution in [3.63, 3.8) is 0 Å². The van der Waals surface area contributed by atoms with Crippen molar-refractivity contribution < 1.29 is 14.7 Å². The van der Waals surface area contributed by atoms with E-state index in [-0.39, 0.29) is 5.91 Å². The second-order valence-corrected chi connectivity index (χ2v) is 5.67. The van der Waals surface area contributed by atoms with Crippen LogP contribution >= 0.6 is 11.8 Å². The van der Waals surface area contributed by atoms with Crippen molar-refractivity contribution in [3.05, 3.63) is 24.3 Å². The van der Waals surface area contributed by atoms with Gasteiger partial charge in [-0.1, -0.05) is 19.4 Å². The van der Waals surface area contributed by atoms with Crippen LogP contribution in [-0.4, -0.2) is 35.3 Å². The van der Waals surface area contributed by atoms with Crippen LogP contribution in [0.5, 0.6) is 0 Å². The van der Waals surface area contributed by atoms with Crippen molar-refractivity contribution in [2.45, 2.75) is 43.7 Å². The summed E-state index contributed by atoms with van der Waals surface area (Å²) in [5, 5.41) is 14.7. The van der Waals surface area contributed by atoms with Crippen LogP contribution in [-0.2, 0) is 9.59 Å². The standard InChI is InChI=1S/C15H22N2O3S/c1-4-6-13(15(19)20)16-10(2)14(18)17-11-7-5-8-12(9-11)21-3/h5,7-10,13,16H,4,6H2,1-3H3,(H,17,18)(H,19,20). The van der Waals surface area contributed by atoms with Gasteiger partial charge >= 0.3 is 5.97 Å². The van der Waals surface area contributed by atoms with E-state index in [1.165, 1.54) is 0 Å². The van der Waals surface area contributed by atoms with Gasteiger partial charge in [-0.15, -0.1) is 11.8 Å². The monoisotopic (exact) mass is 310 g/mol. The zero-order valence-corrected chi connectivity index (χ0v) is 13.4. The number of aliphatic carboxylic acids is 1. The Hall–Kier alpha value is -1.53. The smallest absolute Gasteiger partial charge is 0.320 e. The van der Waals surface area contributed by atoms with E-state index in [2.05, 4.69) is 10.6 Å². The molecule has 0 radical (unpaired) electrons. The van der Waals surface area contributed by atoms with Crippen molar-refractivity contribution in [2.24, 2.45) is 0 Å². The molecule has 1 aromatic carbocycles. The molecule has 0 heterocycles. The van der Waals surface area contributed by atoms with Crippen molar-refractivity contribution in [2.75, 3.05) is 11.6 Å². The number of carbonyl (C=O) groups is 2. The van der Waals surface area contributed by atoms with E-state index < -0.39 is 18.1 Å². The van der Waals surface area contributed by atoms with Gasteiger partial charge in [-0.2, -0.15) is 0 Å². The van der Waals surface area contributed by atoms with E-state index in [0.29, 0.717) is 12.1 Å². The average Bonchev–Trinajstić information content (AvgIpc) is 2.46. The number of rotatable bonds is 8. The molecule has 0 aliphatic carbocycles. The molecule has 0 bridgehead atoms. The summed E-state index contributed by atoms with van der Waals surface area (Å²) in [6.07, 6.45) is 3.20. The fraction of sp³-hybridized carbons (Fsp3) is 0.467. The molecule has 1 amide bonds. The Labute approximate surface area is 129 Å². The average molecular weight is 310 g/mol. The van der Waals surface area contributed by atoms with Crippen molar-refractivity contribution >= 4 is 29.3 Å². The zero-order chi connectivity index (χ0) is 15.8. The minimum absolute atomic E-state index is 0.240. The highest BCUT2D eigenvalue weighted by Crippen LogP contribution is 2.19. The van der Waals surface area contributed by atoms with Crippen LogP contribution < -0.4 is 10.6 Å². The molecule has 0 fully saturated rings. The number of carbonyl (C=O) groups excluding carboxylic acids is 1. The third-order valence-corrected chi connectivity index (χ3v) is 3.78. The molecule has 0 aliphatic heterocycles. The van der Waals surface area contributed by atoms with Gasteiger partial charge in [-0.3, -0.25) is 14.9 Å². The highest BCUT2D eigenvalue weighted by atomic mass is 32.2. The molecule has 0 spiro atoms. The number of benzene rings is 1. The van der Waals surface area contributed by atoms with Gasteiger partial charge in [0.05, 0.1) is 6.04 Å². The Morgan fingerprint density at radius 1 is 1.38 bits per heavy atom.